The van der Waals surface area contributed by atoms with Crippen molar-refractivity contribution in [1.29, 1.82) is 0 Å². The molecule has 1 aliphatic carbocycles. The van der Waals surface area contributed by atoms with Crippen molar-refractivity contribution in [2.45, 2.75) is 68.8 Å². The first-order valence-corrected chi connectivity index (χ1v) is 10.9. The SMILES string of the molecule is COc1ccc(S(=O)(=O)N[C@@H](C)C(=O)NC2CCCCCCC2)cc1Cl. The zero-order chi connectivity index (χ0) is 19.2. The number of benzene rings is 1. The second-order valence-electron chi connectivity index (χ2n) is 6.69. The highest BCUT2D eigenvalue weighted by Crippen LogP contribution is 2.27. The van der Waals surface area contributed by atoms with E-state index < -0.39 is 16.1 Å². The molecule has 1 aromatic carbocycles. The Hall–Kier alpha value is -1.31. The molecule has 146 valence electrons. The van der Waals surface area contributed by atoms with E-state index in [1.807, 2.05) is 0 Å². The molecule has 0 spiro atoms. The highest BCUT2D eigenvalue weighted by Gasteiger charge is 2.24. The van der Waals surface area contributed by atoms with Gasteiger partial charge in [0.05, 0.1) is 23.1 Å². The Morgan fingerprint density at radius 2 is 1.81 bits per heavy atom. The van der Waals surface area contributed by atoms with E-state index in [1.165, 1.54) is 44.6 Å². The molecule has 6 nitrogen and oxygen atoms in total. The lowest BCUT2D eigenvalue weighted by molar-refractivity contribution is -0.123. The van der Waals surface area contributed by atoms with Crippen molar-refractivity contribution < 1.29 is 17.9 Å². The third-order valence-corrected chi connectivity index (χ3v) is 6.44. The van der Waals surface area contributed by atoms with Gasteiger partial charge >= 0.3 is 0 Å². The zero-order valence-corrected chi connectivity index (χ0v) is 16.8. The molecule has 1 aromatic rings. The molecule has 1 saturated carbocycles. The van der Waals surface area contributed by atoms with Crippen LogP contribution in [0.2, 0.25) is 5.02 Å². The monoisotopic (exact) mass is 402 g/mol. The van der Waals surface area contributed by atoms with Crippen LogP contribution in [0.5, 0.6) is 5.75 Å². The standard InChI is InChI=1S/C18H27ClN2O4S/c1-13(18(22)20-14-8-6-4-3-5-7-9-14)21-26(23,24)15-10-11-17(25-2)16(19)12-15/h10-14,21H,3-9H2,1-2H3,(H,20,22)/t13-/m0/s1. The van der Waals surface area contributed by atoms with Crippen LogP contribution in [0.1, 0.15) is 51.9 Å². The van der Waals surface area contributed by atoms with Crippen molar-refractivity contribution in [2.75, 3.05) is 7.11 Å². The van der Waals surface area contributed by atoms with Gasteiger partial charge in [-0.05, 0) is 38.0 Å². The van der Waals surface area contributed by atoms with Gasteiger partial charge in [0.2, 0.25) is 15.9 Å². The van der Waals surface area contributed by atoms with Gasteiger partial charge in [-0.25, -0.2) is 8.42 Å². The Labute approximate surface area is 160 Å². The maximum absolute atomic E-state index is 12.5. The summed E-state index contributed by atoms with van der Waals surface area (Å²) >= 11 is 6.00. The van der Waals surface area contributed by atoms with Gasteiger partial charge in [-0.2, -0.15) is 4.72 Å². The number of amides is 1. The first kappa shape index (κ1) is 21.0. The first-order chi connectivity index (χ1) is 12.3. The molecule has 0 saturated heterocycles. The maximum atomic E-state index is 12.5. The van der Waals surface area contributed by atoms with Crippen molar-refractivity contribution in [3.05, 3.63) is 23.2 Å². The third kappa shape index (κ3) is 5.86. The summed E-state index contributed by atoms with van der Waals surface area (Å²) in [6.45, 7) is 1.54. The Balaban J connectivity index is 1.99. The van der Waals surface area contributed by atoms with E-state index >= 15 is 0 Å². The van der Waals surface area contributed by atoms with Crippen LogP contribution in [0.25, 0.3) is 0 Å². The van der Waals surface area contributed by atoms with E-state index in [9.17, 15) is 13.2 Å². The van der Waals surface area contributed by atoms with E-state index in [0.29, 0.717) is 5.75 Å². The Morgan fingerprint density at radius 1 is 1.19 bits per heavy atom. The normalized spacial score (nSPS) is 17.8. The van der Waals surface area contributed by atoms with Crippen molar-refractivity contribution in [3.63, 3.8) is 0 Å². The molecule has 0 bridgehead atoms. The van der Waals surface area contributed by atoms with E-state index in [1.54, 1.807) is 6.92 Å². The summed E-state index contributed by atoms with van der Waals surface area (Å²) in [4.78, 5) is 12.4. The quantitative estimate of drug-likeness (QED) is 0.764. The molecule has 1 fully saturated rings. The second kappa shape index (κ2) is 9.58. The molecule has 1 aliphatic rings. The largest absolute Gasteiger partial charge is 0.495 e. The molecule has 26 heavy (non-hydrogen) atoms. The van der Waals surface area contributed by atoms with Gasteiger partial charge in [-0.1, -0.05) is 43.7 Å². The minimum atomic E-state index is -3.86. The smallest absolute Gasteiger partial charge is 0.241 e. The summed E-state index contributed by atoms with van der Waals surface area (Å²) in [6.07, 6.45) is 7.70. The van der Waals surface area contributed by atoms with Crippen LogP contribution in [0.15, 0.2) is 23.1 Å². The molecule has 0 unspecified atom stereocenters. The minimum Gasteiger partial charge on any atom is -0.495 e. The number of hydrogen-bond acceptors (Lipinski definition) is 4. The van der Waals surface area contributed by atoms with Gasteiger partial charge in [0.25, 0.3) is 0 Å². The van der Waals surface area contributed by atoms with E-state index in [2.05, 4.69) is 10.0 Å². The predicted octanol–water partition coefficient (Wildman–Crippen LogP) is 3.24. The van der Waals surface area contributed by atoms with Crippen LogP contribution >= 0.6 is 11.6 Å². The highest BCUT2D eigenvalue weighted by molar-refractivity contribution is 7.89. The number of halogens is 1. The van der Waals surface area contributed by atoms with Crippen molar-refractivity contribution in [3.8, 4) is 5.75 Å². The van der Waals surface area contributed by atoms with Crippen LogP contribution < -0.4 is 14.8 Å². The number of nitrogens with one attached hydrogen (secondary N) is 2. The molecule has 0 heterocycles. The summed E-state index contributed by atoms with van der Waals surface area (Å²) in [7, 11) is -2.40. The first-order valence-electron chi connectivity index (χ1n) is 8.99. The number of carbonyl (C=O) groups is 1. The summed E-state index contributed by atoms with van der Waals surface area (Å²) in [6, 6.07) is 3.43. The number of carbonyl (C=O) groups excluding carboxylic acids is 1. The molecule has 0 radical (unpaired) electrons. The average Bonchev–Trinajstić information content (AvgIpc) is 2.56. The summed E-state index contributed by atoms with van der Waals surface area (Å²) in [5, 5.41) is 3.17. The van der Waals surface area contributed by atoms with Crippen LogP contribution in [0.3, 0.4) is 0 Å². The Bertz CT molecular complexity index is 716. The lowest BCUT2D eigenvalue weighted by atomic mass is 9.96. The van der Waals surface area contributed by atoms with E-state index in [4.69, 9.17) is 16.3 Å². The molecule has 0 aromatic heterocycles. The van der Waals surface area contributed by atoms with Gasteiger partial charge in [0.1, 0.15) is 5.75 Å². The molecule has 2 rings (SSSR count). The predicted molar refractivity (Wildman–Crippen MR) is 102 cm³/mol. The van der Waals surface area contributed by atoms with Crippen molar-refractivity contribution >= 4 is 27.5 Å². The third-order valence-electron chi connectivity index (χ3n) is 4.61. The van der Waals surface area contributed by atoms with Gasteiger partial charge < -0.3 is 10.1 Å². The fourth-order valence-corrected chi connectivity index (χ4v) is 4.65. The maximum Gasteiger partial charge on any atom is 0.241 e. The zero-order valence-electron chi connectivity index (χ0n) is 15.3. The number of methoxy groups -OCH3 is 1. The van der Waals surface area contributed by atoms with Crippen molar-refractivity contribution in [2.24, 2.45) is 0 Å². The Morgan fingerprint density at radius 3 is 2.38 bits per heavy atom. The van der Waals surface area contributed by atoms with Crippen LogP contribution in [0.4, 0.5) is 0 Å². The van der Waals surface area contributed by atoms with Gasteiger partial charge in [-0.15, -0.1) is 0 Å². The van der Waals surface area contributed by atoms with Crippen LogP contribution in [-0.2, 0) is 14.8 Å². The lowest BCUT2D eigenvalue weighted by Crippen LogP contribution is -2.48. The summed E-state index contributed by atoms with van der Waals surface area (Å²) in [5.41, 5.74) is 0. The number of hydrogen-bond donors (Lipinski definition) is 2. The lowest BCUT2D eigenvalue weighted by Gasteiger charge is -2.23. The summed E-state index contributed by atoms with van der Waals surface area (Å²) in [5.74, 6) is 0.0828. The molecular formula is C18H27ClN2O4S. The molecule has 8 heteroatoms. The molecule has 0 aliphatic heterocycles. The molecule has 1 amide bonds. The molecule has 1 atom stereocenters. The fourth-order valence-electron chi connectivity index (χ4n) is 3.10. The van der Waals surface area contributed by atoms with E-state index in [-0.39, 0.29) is 21.9 Å². The molecule has 2 N–H and O–H groups in total. The molecular weight excluding hydrogens is 376 g/mol. The van der Waals surface area contributed by atoms with E-state index in [0.717, 1.165) is 25.7 Å². The van der Waals surface area contributed by atoms with Gasteiger partial charge in [0, 0.05) is 6.04 Å². The van der Waals surface area contributed by atoms with Gasteiger partial charge in [0.15, 0.2) is 0 Å². The second-order valence-corrected chi connectivity index (χ2v) is 8.81. The fraction of sp³-hybridized carbons (Fsp3) is 0.611. The summed E-state index contributed by atoms with van der Waals surface area (Å²) < 4.78 is 32.4. The topological polar surface area (TPSA) is 84.5 Å². The number of sulfonamides is 1. The van der Waals surface area contributed by atoms with Crippen molar-refractivity contribution in [1.82, 2.24) is 10.0 Å². The minimum absolute atomic E-state index is 0.00564. The van der Waals surface area contributed by atoms with Gasteiger partial charge in [-0.3, -0.25) is 4.79 Å². The number of ether oxygens (including phenoxy) is 1. The highest BCUT2D eigenvalue weighted by atomic mass is 35.5. The van der Waals surface area contributed by atoms with Crippen LogP contribution in [0, 0.1) is 0 Å². The van der Waals surface area contributed by atoms with Crippen LogP contribution in [-0.4, -0.2) is 33.5 Å². The number of rotatable bonds is 6. The Kier molecular flexibility index (Phi) is 7.73. The average molecular weight is 403 g/mol.